The van der Waals surface area contributed by atoms with Crippen molar-refractivity contribution in [2.24, 2.45) is 11.8 Å². The Balaban J connectivity index is 4.36. The molecule has 6 heteroatoms. The highest BCUT2D eigenvalue weighted by Gasteiger charge is 2.19. The summed E-state index contributed by atoms with van der Waals surface area (Å²) in [6, 6.07) is 0. The van der Waals surface area contributed by atoms with Gasteiger partial charge in [0.1, 0.15) is 13.2 Å². The van der Waals surface area contributed by atoms with E-state index in [4.69, 9.17) is 14.2 Å². The zero-order valence-corrected chi connectivity index (χ0v) is 32.6. The summed E-state index contributed by atoms with van der Waals surface area (Å²) in [4.78, 5) is 37.5. The summed E-state index contributed by atoms with van der Waals surface area (Å²) in [5.74, 6) is 0.702. The maximum atomic E-state index is 12.6. The lowest BCUT2D eigenvalue weighted by Crippen LogP contribution is -2.30. The summed E-state index contributed by atoms with van der Waals surface area (Å²) in [7, 11) is 0. The van der Waals surface area contributed by atoms with Gasteiger partial charge >= 0.3 is 17.9 Å². The summed E-state index contributed by atoms with van der Waals surface area (Å²) in [5, 5.41) is 0. The molecule has 0 fully saturated rings. The van der Waals surface area contributed by atoms with E-state index < -0.39 is 6.10 Å². The second kappa shape index (κ2) is 35.2. The molecule has 0 amide bonds. The summed E-state index contributed by atoms with van der Waals surface area (Å²) >= 11 is 0. The monoisotopic (exact) mass is 681 g/mol. The summed E-state index contributed by atoms with van der Waals surface area (Å²) < 4.78 is 16.6. The van der Waals surface area contributed by atoms with Gasteiger partial charge in [-0.1, -0.05) is 182 Å². The van der Waals surface area contributed by atoms with Crippen LogP contribution in [-0.2, 0) is 28.6 Å². The summed E-state index contributed by atoms with van der Waals surface area (Å²) in [5.41, 5.74) is 0. The van der Waals surface area contributed by atoms with Crippen LogP contribution in [0.15, 0.2) is 0 Å². The highest BCUT2D eigenvalue weighted by Crippen LogP contribution is 2.16. The van der Waals surface area contributed by atoms with E-state index in [0.29, 0.717) is 19.3 Å². The fourth-order valence-electron chi connectivity index (χ4n) is 6.01. The Bertz CT molecular complexity index is 736. The van der Waals surface area contributed by atoms with Gasteiger partial charge in [0.25, 0.3) is 0 Å². The molecule has 0 aliphatic rings. The maximum Gasteiger partial charge on any atom is 0.306 e. The molecular weight excluding hydrogens is 600 g/mol. The van der Waals surface area contributed by atoms with Crippen LogP contribution in [0.1, 0.15) is 221 Å². The minimum atomic E-state index is -0.760. The molecule has 0 spiro atoms. The minimum Gasteiger partial charge on any atom is -0.462 e. The molecule has 0 N–H and O–H groups in total. The number of unbranched alkanes of at least 4 members (excludes halogenated alkanes) is 20. The van der Waals surface area contributed by atoms with Gasteiger partial charge in [-0.15, -0.1) is 0 Å². The Morgan fingerprint density at radius 3 is 1.19 bits per heavy atom. The van der Waals surface area contributed by atoms with E-state index in [0.717, 1.165) is 69.6 Å². The van der Waals surface area contributed by atoms with Gasteiger partial charge in [-0.3, -0.25) is 14.4 Å². The van der Waals surface area contributed by atoms with Gasteiger partial charge < -0.3 is 14.2 Å². The number of hydrogen-bond acceptors (Lipinski definition) is 6. The first kappa shape index (κ1) is 46.4. The fourth-order valence-corrected chi connectivity index (χ4v) is 6.01. The van der Waals surface area contributed by atoms with Crippen molar-refractivity contribution in [3.8, 4) is 0 Å². The molecule has 0 aromatic rings. The van der Waals surface area contributed by atoms with Crippen LogP contribution in [0.4, 0.5) is 0 Å². The number of carbonyl (C=O) groups excluding carboxylic acids is 3. The smallest absolute Gasteiger partial charge is 0.306 e. The molecule has 0 aliphatic heterocycles. The molecule has 0 saturated carbocycles. The molecule has 0 aromatic carbocycles. The molecule has 48 heavy (non-hydrogen) atoms. The van der Waals surface area contributed by atoms with Crippen LogP contribution < -0.4 is 0 Å². The number of rotatable bonds is 36. The van der Waals surface area contributed by atoms with Gasteiger partial charge in [-0.25, -0.2) is 0 Å². The highest BCUT2D eigenvalue weighted by atomic mass is 16.6. The van der Waals surface area contributed by atoms with Crippen LogP contribution >= 0.6 is 0 Å². The normalized spacial score (nSPS) is 12.6. The average Bonchev–Trinajstić information content (AvgIpc) is 3.06. The molecule has 0 heterocycles. The highest BCUT2D eigenvalue weighted by molar-refractivity contribution is 5.71. The van der Waals surface area contributed by atoms with Crippen LogP contribution in [0.25, 0.3) is 0 Å². The molecule has 0 bridgehead atoms. The van der Waals surface area contributed by atoms with E-state index in [1.165, 1.54) is 109 Å². The molecule has 1 unspecified atom stereocenters. The molecule has 6 nitrogen and oxygen atoms in total. The quantitative estimate of drug-likeness (QED) is 0.0372. The maximum absolute atomic E-state index is 12.6. The first-order valence-electron chi connectivity index (χ1n) is 20.8. The largest absolute Gasteiger partial charge is 0.462 e. The van der Waals surface area contributed by atoms with Crippen LogP contribution in [-0.4, -0.2) is 37.2 Å². The van der Waals surface area contributed by atoms with E-state index >= 15 is 0 Å². The van der Waals surface area contributed by atoms with Gasteiger partial charge in [-0.05, 0) is 31.1 Å². The molecule has 0 saturated heterocycles. The van der Waals surface area contributed by atoms with Gasteiger partial charge in [0.2, 0.25) is 0 Å². The van der Waals surface area contributed by atoms with Crippen LogP contribution in [0.5, 0.6) is 0 Å². The van der Waals surface area contributed by atoms with Crippen molar-refractivity contribution in [2.45, 2.75) is 227 Å². The molecule has 284 valence electrons. The second-order valence-electron chi connectivity index (χ2n) is 15.0. The Morgan fingerprint density at radius 1 is 0.438 bits per heavy atom. The Labute approximate surface area is 298 Å². The number of esters is 3. The minimum absolute atomic E-state index is 0.0670. The zero-order chi connectivity index (χ0) is 35.5. The Morgan fingerprint density at radius 2 is 0.792 bits per heavy atom. The van der Waals surface area contributed by atoms with Crippen molar-refractivity contribution in [3.05, 3.63) is 0 Å². The fraction of sp³-hybridized carbons (Fsp3) is 0.929. The molecule has 0 aromatic heterocycles. The van der Waals surface area contributed by atoms with Crippen LogP contribution in [0.3, 0.4) is 0 Å². The van der Waals surface area contributed by atoms with Crippen molar-refractivity contribution >= 4 is 17.9 Å². The van der Waals surface area contributed by atoms with Crippen molar-refractivity contribution in [3.63, 3.8) is 0 Å². The third-order valence-electron chi connectivity index (χ3n) is 9.58. The van der Waals surface area contributed by atoms with E-state index in [1.54, 1.807) is 0 Å². The predicted molar refractivity (Wildman–Crippen MR) is 201 cm³/mol. The number of hydrogen-bond donors (Lipinski definition) is 0. The molecular formula is C42H80O6. The standard InChI is InChI=1S/C42H80O6/c1-6-8-9-10-11-12-13-14-15-22-27-32-40(43)46-35-39(36-47-41(44)33-28-23-18-16-20-25-30-37(3)4)48-42(45)34-29-24-19-17-21-26-31-38(5)7-2/h37-39H,6-36H2,1-5H3/t38?,39-/m1/s1. The van der Waals surface area contributed by atoms with E-state index in [2.05, 4.69) is 34.6 Å². The predicted octanol–water partition coefficient (Wildman–Crippen LogP) is 12.6. The third kappa shape index (κ3) is 34.3. The molecule has 0 rings (SSSR count). The van der Waals surface area contributed by atoms with Crippen LogP contribution in [0, 0.1) is 11.8 Å². The Kier molecular flexibility index (Phi) is 34.1. The molecule has 2 atom stereocenters. The zero-order valence-electron chi connectivity index (χ0n) is 32.6. The van der Waals surface area contributed by atoms with Crippen molar-refractivity contribution in [1.82, 2.24) is 0 Å². The lowest BCUT2D eigenvalue weighted by Gasteiger charge is -2.18. The van der Waals surface area contributed by atoms with Crippen LogP contribution in [0.2, 0.25) is 0 Å². The average molecular weight is 681 g/mol. The first-order chi connectivity index (χ1) is 23.3. The number of ether oxygens (including phenoxy) is 3. The topological polar surface area (TPSA) is 78.9 Å². The van der Waals surface area contributed by atoms with Gasteiger partial charge in [0, 0.05) is 19.3 Å². The number of carbonyl (C=O) groups is 3. The molecule has 0 radical (unpaired) electrons. The van der Waals surface area contributed by atoms with E-state index in [9.17, 15) is 14.4 Å². The second-order valence-corrected chi connectivity index (χ2v) is 15.0. The van der Waals surface area contributed by atoms with E-state index in [-0.39, 0.29) is 31.1 Å². The van der Waals surface area contributed by atoms with Crippen molar-refractivity contribution in [2.75, 3.05) is 13.2 Å². The first-order valence-corrected chi connectivity index (χ1v) is 20.8. The van der Waals surface area contributed by atoms with E-state index in [1.807, 2.05) is 0 Å². The summed E-state index contributed by atoms with van der Waals surface area (Å²) in [6.07, 6.45) is 31.0. The van der Waals surface area contributed by atoms with Gasteiger partial charge in [-0.2, -0.15) is 0 Å². The van der Waals surface area contributed by atoms with Gasteiger partial charge in [0.05, 0.1) is 0 Å². The van der Waals surface area contributed by atoms with Crippen molar-refractivity contribution < 1.29 is 28.6 Å². The van der Waals surface area contributed by atoms with Crippen molar-refractivity contribution in [1.29, 1.82) is 0 Å². The SMILES string of the molecule is CCCCCCCCCCCCCC(=O)OC[C@H](COC(=O)CCCCCCCCC(C)C)OC(=O)CCCCCCCCC(C)CC. The Hall–Kier alpha value is -1.59. The third-order valence-corrected chi connectivity index (χ3v) is 9.58. The lowest BCUT2D eigenvalue weighted by atomic mass is 10.00. The van der Waals surface area contributed by atoms with Gasteiger partial charge in [0.15, 0.2) is 6.10 Å². The lowest BCUT2D eigenvalue weighted by molar-refractivity contribution is -0.167. The molecule has 0 aliphatic carbocycles. The summed E-state index contributed by atoms with van der Waals surface area (Å²) in [6.45, 7) is 11.2.